The van der Waals surface area contributed by atoms with Crippen LogP contribution in [0.4, 0.5) is 0 Å². The number of furan rings is 1. The molecule has 2 heterocycles. The largest absolute Gasteiger partial charge is 0.459 e. The summed E-state index contributed by atoms with van der Waals surface area (Å²) in [5.41, 5.74) is 3.00. The fourth-order valence-corrected chi connectivity index (χ4v) is 2.40. The molecule has 0 aliphatic rings. The van der Waals surface area contributed by atoms with Gasteiger partial charge in [-0.05, 0) is 31.2 Å². The van der Waals surface area contributed by atoms with Crippen molar-refractivity contribution in [2.24, 2.45) is 0 Å². The molecule has 0 aliphatic carbocycles. The highest BCUT2D eigenvalue weighted by atomic mass is 16.3. The number of aromatic nitrogens is 2. The normalized spacial score (nSPS) is 12.7. The fraction of sp³-hybridized carbons (Fsp3) is 0.250. The standard InChI is InChI=1S/C16H17N3O/c1-3-18-15(13-7-8-17-10-19-13)14-9-12-6-4-5-11(2)16(12)20-14/h4-10,15,18H,3H2,1-2H3. The second-order valence-electron chi connectivity index (χ2n) is 4.77. The Hall–Kier alpha value is -2.20. The number of nitrogens with one attached hydrogen (secondary N) is 1. The fourth-order valence-electron chi connectivity index (χ4n) is 2.40. The van der Waals surface area contributed by atoms with Gasteiger partial charge < -0.3 is 9.73 Å². The van der Waals surface area contributed by atoms with Crippen molar-refractivity contribution in [1.82, 2.24) is 15.3 Å². The second-order valence-corrected chi connectivity index (χ2v) is 4.77. The summed E-state index contributed by atoms with van der Waals surface area (Å²) in [6.07, 6.45) is 3.31. The van der Waals surface area contributed by atoms with Crippen LogP contribution >= 0.6 is 0 Å². The molecule has 1 N–H and O–H groups in total. The van der Waals surface area contributed by atoms with E-state index in [-0.39, 0.29) is 6.04 Å². The predicted octanol–water partition coefficient (Wildman–Crippen LogP) is 3.23. The van der Waals surface area contributed by atoms with Gasteiger partial charge in [0.1, 0.15) is 23.7 Å². The highest BCUT2D eigenvalue weighted by molar-refractivity contribution is 5.81. The smallest absolute Gasteiger partial charge is 0.137 e. The number of rotatable bonds is 4. The van der Waals surface area contributed by atoms with Crippen LogP contribution in [0.2, 0.25) is 0 Å². The summed E-state index contributed by atoms with van der Waals surface area (Å²) in [5, 5.41) is 4.53. The van der Waals surface area contributed by atoms with Gasteiger partial charge in [-0.3, -0.25) is 0 Å². The maximum absolute atomic E-state index is 6.05. The summed E-state index contributed by atoms with van der Waals surface area (Å²) < 4.78 is 6.05. The molecule has 0 radical (unpaired) electrons. The highest BCUT2D eigenvalue weighted by Gasteiger charge is 2.19. The number of para-hydroxylation sites is 1. The van der Waals surface area contributed by atoms with E-state index in [1.807, 2.05) is 12.1 Å². The van der Waals surface area contributed by atoms with Crippen molar-refractivity contribution in [3.63, 3.8) is 0 Å². The molecule has 102 valence electrons. The quantitative estimate of drug-likeness (QED) is 0.788. The summed E-state index contributed by atoms with van der Waals surface area (Å²) >= 11 is 0. The number of nitrogens with zero attached hydrogens (tertiary/aromatic N) is 2. The van der Waals surface area contributed by atoms with Crippen LogP contribution in [0.1, 0.15) is 30.0 Å². The van der Waals surface area contributed by atoms with Crippen LogP contribution in [-0.2, 0) is 0 Å². The van der Waals surface area contributed by atoms with Crippen LogP contribution in [0.15, 0.2) is 47.3 Å². The molecule has 0 saturated carbocycles. The van der Waals surface area contributed by atoms with Crippen LogP contribution in [-0.4, -0.2) is 16.5 Å². The lowest BCUT2D eigenvalue weighted by Crippen LogP contribution is -2.22. The Kier molecular flexibility index (Phi) is 3.48. The van der Waals surface area contributed by atoms with Crippen LogP contribution in [0.3, 0.4) is 0 Å². The number of hydrogen-bond donors (Lipinski definition) is 1. The molecule has 0 fully saturated rings. The van der Waals surface area contributed by atoms with Gasteiger partial charge in [0.2, 0.25) is 0 Å². The molecule has 0 amide bonds. The Morgan fingerprint density at radius 1 is 1.30 bits per heavy atom. The van der Waals surface area contributed by atoms with Crippen LogP contribution < -0.4 is 5.32 Å². The zero-order valence-corrected chi connectivity index (χ0v) is 11.6. The van der Waals surface area contributed by atoms with Gasteiger partial charge in [0.05, 0.1) is 5.69 Å². The van der Waals surface area contributed by atoms with E-state index in [9.17, 15) is 0 Å². The number of hydrogen-bond acceptors (Lipinski definition) is 4. The molecule has 3 rings (SSSR count). The Morgan fingerprint density at radius 3 is 2.90 bits per heavy atom. The molecule has 1 unspecified atom stereocenters. The van der Waals surface area contributed by atoms with Crippen molar-refractivity contribution in [3.05, 3.63) is 59.9 Å². The van der Waals surface area contributed by atoms with Crippen molar-refractivity contribution in [2.45, 2.75) is 19.9 Å². The van der Waals surface area contributed by atoms with E-state index in [0.717, 1.165) is 34.5 Å². The summed E-state index contributed by atoms with van der Waals surface area (Å²) in [6, 6.07) is 10.1. The minimum absolute atomic E-state index is 0.0465. The predicted molar refractivity (Wildman–Crippen MR) is 78.5 cm³/mol. The number of benzene rings is 1. The molecule has 3 aromatic rings. The van der Waals surface area contributed by atoms with Crippen molar-refractivity contribution < 1.29 is 4.42 Å². The molecule has 0 bridgehead atoms. The second kappa shape index (κ2) is 5.43. The lowest BCUT2D eigenvalue weighted by Gasteiger charge is -2.14. The Bertz CT molecular complexity index is 706. The summed E-state index contributed by atoms with van der Waals surface area (Å²) in [6.45, 7) is 4.97. The monoisotopic (exact) mass is 267 g/mol. The summed E-state index contributed by atoms with van der Waals surface area (Å²) in [4.78, 5) is 8.30. The first-order valence-electron chi connectivity index (χ1n) is 6.78. The van der Waals surface area contributed by atoms with Gasteiger partial charge in [0.25, 0.3) is 0 Å². The minimum Gasteiger partial charge on any atom is -0.459 e. The van der Waals surface area contributed by atoms with E-state index in [1.165, 1.54) is 0 Å². The van der Waals surface area contributed by atoms with E-state index < -0.39 is 0 Å². The molecule has 2 aromatic heterocycles. The first-order chi connectivity index (χ1) is 9.79. The first kappa shape index (κ1) is 12.8. The molecule has 4 heteroatoms. The maximum Gasteiger partial charge on any atom is 0.137 e. The Morgan fingerprint density at radius 2 is 2.20 bits per heavy atom. The number of aryl methyl sites for hydroxylation is 1. The van der Waals surface area contributed by atoms with Gasteiger partial charge in [0.15, 0.2) is 0 Å². The summed E-state index contributed by atoms with van der Waals surface area (Å²) in [5.74, 6) is 0.884. The van der Waals surface area contributed by atoms with Crippen molar-refractivity contribution in [1.29, 1.82) is 0 Å². The van der Waals surface area contributed by atoms with E-state index in [0.29, 0.717) is 0 Å². The zero-order valence-electron chi connectivity index (χ0n) is 11.6. The average Bonchev–Trinajstić information content (AvgIpc) is 2.91. The van der Waals surface area contributed by atoms with Gasteiger partial charge in [-0.1, -0.05) is 25.1 Å². The third kappa shape index (κ3) is 2.30. The van der Waals surface area contributed by atoms with Crippen LogP contribution in [0.25, 0.3) is 11.0 Å². The van der Waals surface area contributed by atoms with Gasteiger partial charge in [0, 0.05) is 11.6 Å². The van der Waals surface area contributed by atoms with E-state index >= 15 is 0 Å². The average molecular weight is 267 g/mol. The SMILES string of the molecule is CCNC(c1ccncn1)c1cc2cccc(C)c2o1. The maximum atomic E-state index is 6.05. The van der Waals surface area contributed by atoms with Crippen molar-refractivity contribution in [2.75, 3.05) is 6.54 Å². The molecular formula is C16H17N3O. The third-order valence-corrected chi connectivity index (χ3v) is 3.35. The van der Waals surface area contributed by atoms with E-state index in [2.05, 4.69) is 47.3 Å². The van der Waals surface area contributed by atoms with E-state index in [1.54, 1.807) is 12.5 Å². The van der Waals surface area contributed by atoms with Gasteiger partial charge in [-0.15, -0.1) is 0 Å². The zero-order chi connectivity index (χ0) is 13.9. The molecule has 1 aromatic carbocycles. The Balaban J connectivity index is 2.08. The molecule has 4 nitrogen and oxygen atoms in total. The molecule has 0 spiro atoms. The first-order valence-corrected chi connectivity index (χ1v) is 6.78. The molecule has 1 atom stereocenters. The lowest BCUT2D eigenvalue weighted by molar-refractivity contribution is 0.470. The minimum atomic E-state index is -0.0465. The van der Waals surface area contributed by atoms with Crippen molar-refractivity contribution in [3.8, 4) is 0 Å². The topological polar surface area (TPSA) is 51.0 Å². The van der Waals surface area contributed by atoms with Crippen molar-refractivity contribution >= 4 is 11.0 Å². The summed E-state index contributed by atoms with van der Waals surface area (Å²) in [7, 11) is 0. The molecule has 0 aliphatic heterocycles. The molecule has 20 heavy (non-hydrogen) atoms. The van der Waals surface area contributed by atoms with Gasteiger partial charge >= 0.3 is 0 Å². The lowest BCUT2D eigenvalue weighted by atomic mass is 10.1. The molecular weight excluding hydrogens is 250 g/mol. The van der Waals surface area contributed by atoms with Crippen LogP contribution in [0.5, 0.6) is 0 Å². The third-order valence-electron chi connectivity index (χ3n) is 3.35. The Labute approximate surface area is 117 Å². The highest BCUT2D eigenvalue weighted by Crippen LogP contribution is 2.28. The van der Waals surface area contributed by atoms with Gasteiger partial charge in [-0.25, -0.2) is 9.97 Å². The van der Waals surface area contributed by atoms with E-state index in [4.69, 9.17) is 4.42 Å². The molecule has 0 saturated heterocycles. The van der Waals surface area contributed by atoms with Crippen LogP contribution in [0, 0.1) is 6.92 Å². The number of fused-ring (bicyclic) bond motifs is 1. The van der Waals surface area contributed by atoms with Gasteiger partial charge in [-0.2, -0.15) is 0 Å².